The standard InChI is InChI=1S/C13H20N2O6S/c1-8-12(9(2)21-14-8)22(17,18)15-13(16)10(3)20-7-11-5-4-6-19-11/h10-11H,4-7H2,1-3H3,(H,15,16)/t10-,11-/m1/s1. The number of amides is 1. The second-order valence-corrected chi connectivity index (χ2v) is 6.85. The molecular weight excluding hydrogens is 312 g/mol. The molecule has 0 saturated carbocycles. The average Bonchev–Trinajstić information content (AvgIpc) is 3.05. The molecule has 22 heavy (non-hydrogen) atoms. The Balaban J connectivity index is 1.95. The van der Waals surface area contributed by atoms with Crippen LogP contribution in [0.4, 0.5) is 0 Å². The number of hydrogen-bond acceptors (Lipinski definition) is 7. The Morgan fingerprint density at radius 1 is 1.50 bits per heavy atom. The summed E-state index contributed by atoms with van der Waals surface area (Å²) in [5.74, 6) is -0.608. The van der Waals surface area contributed by atoms with Crippen LogP contribution in [-0.2, 0) is 24.3 Å². The molecule has 0 radical (unpaired) electrons. The van der Waals surface area contributed by atoms with Crippen molar-refractivity contribution in [1.82, 2.24) is 9.88 Å². The number of ether oxygens (including phenoxy) is 2. The molecule has 2 rings (SSSR count). The van der Waals surface area contributed by atoms with Crippen molar-refractivity contribution >= 4 is 15.9 Å². The Labute approximate surface area is 129 Å². The van der Waals surface area contributed by atoms with Gasteiger partial charge in [0.25, 0.3) is 15.9 Å². The minimum Gasteiger partial charge on any atom is -0.376 e. The van der Waals surface area contributed by atoms with E-state index >= 15 is 0 Å². The molecule has 9 heteroatoms. The monoisotopic (exact) mass is 332 g/mol. The lowest BCUT2D eigenvalue weighted by molar-refractivity contribution is -0.131. The molecule has 8 nitrogen and oxygen atoms in total. The molecule has 1 aliphatic heterocycles. The van der Waals surface area contributed by atoms with Crippen LogP contribution in [0.5, 0.6) is 0 Å². The molecule has 0 spiro atoms. The van der Waals surface area contributed by atoms with Gasteiger partial charge in [-0.2, -0.15) is 0 Å². The topological polar surface area (TPSA) is 108 Å². The predicted molar refractivity (Wildman–Crippen MR) is 75.7 cm³/mol. The van der Waals surface area contributed by atoms with Crippen molar-refractivity contribution in [3.63, 3.8) is 0 Å². The Bertz CT molecular complexity index is 613. The lowest BCUT2D eigenvalue weighted by atomic mass is 10.2. The molecule has 1 fully saturated rings. The summed E-state index contributed by atoms with van der Waals surface area (Å²) < 4.78 is 41.9. The summed E-state index contributed by atoms with van der Waals surface area (Å²) in [6.45, 7) is 5.41. The third-order valence-electron chi connectivity index (χ3n) is 3.40. The van der Waals surface area contributed by atoms with Crippen LogP contribution in [0.2, 0.25) is 0 Å². The van der Waals surface area contributed by atoms with Crippen molar-refractivity contribution in [2.24, 2.45) is 0 Å². The van der Waals surface area contributed by atoms with Gasteiger partial charge in [0.1, 0.15) is 11.8 Å². The lowest BCUT2D eigenvalue weighted by Crippen LogP contribution is -2.39. The minimum absolute atomic E-state index is 0.0329. The molecular formula is C13H20N2O6S. The fraction of sp³-hybridized carbons (Fsp3) is 0.692. The number of aromatic nitrogens is 1. The zero-order valence-corrected chi connectivity index (χ0v) is 13.6. The van der Waals surface area contributed by atoms with Gasteiger partial charge in [0.05, 0.1) is 12.7 Å². The van der Waals surface area contributed by atoms with Crippen molar-refractivity contribution in [3.05, 3.63) is 11.5 Å². The fourth-order valence-corrected chi connectivity index (χ4v) is 3.60. The van der Waals surface area contributed by atoms with Gasteiger partial charge in [0.2, 0.25) is 0 Å². The Hall–Kier alpha value is -1.45. The summed E-state index contributed by atoms with van der Waals surface area (Å²) in [5, 5.41) is 3.57. The van der Waals surface area contributed by atoms with E-state index in [4.69, 9.17) is 14.0 Å². The van der Waals surface area contributed by atoms with Crippen molar-refractivity contribution in [2.45, 2.75) is 50.7 Å². The lowest BCUT2D eigenvalue weighted by Gasteiger charge is -2.16. The van der Waals surface area contributed by atoms with E-state index < -0.39 is 22.0 Å². The zero-order chi connectivity index (χ0) is 16.3. The van der Waals surface area contributed by atoms with Crippen LogP contribution in [0.3, 0.4) is 0 Å². The molecule has 2 atom stereocenters. The van der Waals surface area contributed by atoms with E-state index in [-0.39, 0.29) is 29.1 Å². The number of carbonyl (C=O) groups excluding carboxylic acids is 1. The van der Waals surface area contributed by atoms with Gasteiger partial charge in [-0.3, -0.25) is 4.79 Å². The quantitative estimate of drug-likeness (QED) is 0.816. The molecule has 1 aromatic heterocycles. The molecule has 1 N–H and O–H groups in total. The summed E-state index contributed by atoms with van der Waals surface area (Å²) in [7, 11) is -4.03. The van der Waals surface area contributed by atoms with Crippen molar-refractivity contribution in [2.75, 3.05) is 13.2 Å². The van der Waals surface area contributed by atoms with E-state index in [1.54, 1.807) is 0 Å². The molecule has 1 amide bonds. The second kappa shape index (κ2) is 6.76. The maximum Gasteiger partial charge on any atom is 0.269 e. The van der Waals surface area contributed by atoms with E-state index in [9.17, 15) is 13.2 Å². The summed E-state index contributed by atoms with van der Waals surface area (Å²) >= 11 is 0. The van der Waals surface area contributed by atoms with Crippen LogP contribution in [0.15, 0.2) is 9.42 Å². The van der Waals surface area contributed by atoms with Crippen molar-refractivity contribution in [3.8, 4) is 0 Å². The highest BCUT2D eigenvalue weighted by molar-refractivity contribution is 7.90. The number of hydrogen-bond donors (Lipinski definition) is 1. The Morgan fingerprint density at radius 3 is 2.77 bits per heavy atom. The molecule has 124 valence electrons. The van der Waals surface area contributed by atoms with Crippen LogP contribution >= 0.6 is 0 Å². The SMILES string of the molecule is Cc1noc(C)c1S(=O)(=O)NC(=O)[C@@H](C)OC[C@H]1CCCO1. The van der Waals surface area contributed by atoms with Gasteiger partial charge in [-0.15, -0.1) is 0 Å². The third-order valence-corrected chi connectivity index (χ3v) is 4.99. The molecule has 1 saturated heterocycles. The average molecular weight is 332 g/mol. The number of nitrogens with zero attached hydrogens (tertiary/aromatic N) is 1. The molecule has 0 aliphatic carbocycles. The van der Waals surface area contributed by atoms with E-state index in [2.05, 4.69) is 5.16 Å². The highest BCUT2D eigenvalue weighted by Gasteiger charge is 2.28. The van der Waals surface area contributed by atoms with Gasteiger partial charge in [-0.1, -0.05) is 5.16 Å². The number of aryl methyl sites for hydroxylation is 2. The normalized spacial score (nSPS) is 20.0. The van der Waals surface area contributed by atoms with Gasteiger partial charge >= 0.3 is 0 Å². The van der Waals surface area contributed by atoms with E-state index in [1.807, 2.05) is 4.72 Å². The summed E-state index contributed by atoms with van der Waals surface area (Å²) in [6.07, 6.45) is 0.912. The van der Waals surface area contributed by atoms with Crippen LogP contribution in [0.1, 0.15) is 31.2 Å². The first-order valence-electron chi connectivity index (χ1n) is 7.04. The van der Waals surface area contributed by atoms with E-state index in [0.717, 1.165) is 12.8 Å². The molecule has 1 aromatic rings. The number of rotatable bonds is 6. The Kier molecular flexibility index (Phi) is 5.20. The summed E-state index contributed by atoms with van der Waals surface area (Å²) in [5.41, 5.74) is 0.200. The highest BCUT2D eigenvalue weighted by atomic mass is 32.2. The zero-order valence-electron chi connectivity index (χ0n) is 12.8. The van der Waals surface area contributed by atoms with E-state index in [0.29, 0.717) is 6.61 Å². The second-order valence-electron chi connectivity index (χ2n) is 5.23. The van der Waals surface area contributed by atoms with Crippen LogP contribution < -0.4 is 4.72 Å². The van der Waals surface area contributed by atoms with Gasteiger partial charge in [-0.05, 0) is 33.6 Å². The molecule has 2 heterocycles. The Morgan fingerprint density at radius 2 is 2.23 bits per heavy atom. The van der Waals surface area contributed by atoms with Crippen molar-refractivity contribution in [1.29, 1.82) is 0 Å². The van der Waals surface area contributed by atoms with Crippen LogP contribution in [-0.4, -0.2) is 44.9 Å². The molecule has 1 aliphatic rings. The summed E-state index contributed by atoms with van der Waals surface area (Å²) in [6, 6.07) is 0. The van der Waals surface area contributed by atoms with Crippen LogP contribution in [0, 0.1) is 13.8 Å². The fourth-order valence-electron chi connectivity index (χ4n) is 2.23. The smallest absolute Gasteiger partial charge is 0.269 e. The number of carbonyl (C=O) groups is 1. The summed E-state index contributed by atoms with van der Waals surface area (Å²) in [4.78, 5) is 11.9. The highest BCUT2D eigenvalue weighted by Crippen LogP contribution is 2.19. The maximum atomic E-state index is 12.2. The number of sulfonamides is 1. The number of nitrogens with one attached hydrogen (secondary N) is 1. The first-order chi connectivity index (χ1) is 10.3. The van der Waals surface area contributed by atoms with E-state index in [1.165, 1.54) is 20.8 Å². The molecule has 0 unspecified atom stereocenters. The van der Waals surface area contributed by atoms with Gasteiger partial charge < -0.3 is 14.0 Å². The molecule has 0 bridgehead atoms. The van der Waals surface area contributed by atoms with Crippen LogP contribution in [0.25, 0.3) is 0 Å². The molecule has 0 aromatic carbocycles. The minimum atomic E-state index is -4.03. The van der Waals surface area contributed by atoms with Gasteiger partial charge in [0.15, 0.2) is 10.7 Å². The predicted octanol–water partition coefficient (Wildman–Crippen LogP) is 0.680. The first kappa shape index (κ1) is 16.9. The van der Waals surface area contributed by atoms with Crippen molar-refractivity contribution < 1.29 is 27.2 Å². The third kappa shape index (κ3) is 3.84. The first-order valence-corrected chi connectivity index (χ1v) is 8.52. The van der Waals surface area contributed by atoms with Gasteiger partial charge in [-0.25, -0.2) is 13.1 Å². The largest absolute Gasteiger partial charge is 0.376 e. The maximum absolute atomic E-state index is 12.2. The van der Waals surface area contributed by atoms with Gasteiger partial charge in [0, 0.05) is 6.61 Å².